The predicted octanol–water partition coefficient (Wildman–Crippen LogP) is 6.81. The lowest BCUT2D eigenvalue weighted by Gasteiger charge is -2.41. The molecule has 0 bridgehead atoms. The molecule has 0 spiro atoms. The average molecular weight is 512 g/mol. The minimum atomic E-state index is -7.99. The molecule has 1 unspecified atom stereocenters. The Balaban J connectivity index is 3.47. The van der Waals surface area contributed by atoms with Crippen LogP contribution in [0, 0.1) is 0 Å². The van der Waals surface area contributed by atoms with Gasteiger partial charge in [-0.3, -0.25) is 0 Å². The van der Waals surface area contributed by atoms with Crippen molar-refractivity contribution < 1.29 is 66.9 Å². The van der Waals surface area contributed by atoms with E-state index in [2.05, 4.69) is 0 Å². The first kappa shape index (κ1) is 29.1. The Morgan fingerprint density at radius 2 is 1.18 bits per heavy atom. The van der Waals surface area contributed by atoms with Gasteiger partial charge in [-0.1, -0.05) is 25.1 Å². The second kappa shape index (κ2) is 8.69. The van der Waals surface area contributed by atoms with Crippen molar-refractivity contribution in [3.05, 3.63) is 29.8 Å². The Morgan fingerprint density at radius 1 is 0.727 bits per heavy atom. The van der Waals surface area contributed by atoms with Gasteiger partial charge in [0, 0.05) is 5.56 Å². The van der Waals surface area contributed by atoms with Crippen LogP contribution < -0.4 is 4.74 Å². The number of halogens is 13. The molecule has 0 aliphatic carbocycles. The van der Waals surface area contributed by atoms with Gasteiger partial charge in [-0.15, -0.1) is 0 Å². The molecule has 0 amide bonds. The zero-order valence-corrected chi connectivity index (χ0v) is 16.7. The number of alkyl halides is 13. The van der Waals surface area contributed by atoms with E-state index >= 15 is 0 Å². The summed E-state index contributed by atoms with van der Waals surface area (Å²) in [6.45, 7) is 1.89. The third-order valence-electron chi connectivity index (χ3n) is 4.49. The molecule has 0 aliphatic rings. The lowest BCUT2D eigenvalue weighted by atomic mass is 9.84. The maximum Gasteiger partial charge on any atom is 0.460 e. The summed E-state index contributed by atoms with van der Waals surface area (Å²) >= 11 is 0. The van der Waals surface area contributed by atoms with Crippen LogP contribution in [0.15, 0.2) is 24.3 Å². The quantitative estimate of drug-likeness (QED) is 0.349. The van der Waals surface area contributed by atoms with Crippen molar-refractivity contribution in [2.45, 2.75) is 68.1 Å². The number of para-hydroxylation sites is 1. The minimum Gasteiger partial charge on any atom is -0.493 e. The molecule has 192 valence electrons. The van der Waals surface area contributed by atoms with E-state index in [1.807, 2.05) is 0 Å². The molecule has 1 rings (SSSR count). The third kappa shape index (κ3) is 4.83. The summed E-state index contributed by atoms with van der Waals surface area (Å²) in [6, 6.07) is 4.21. The monoisotopic (exact) mass is 512 g/mol. The van der Waals surface area contributed by atoms with Gasteiger partial charge in [0.1, 0.15) is 5.75 Å². The number of rotatable bonds is 10. The highest BCUT2D eigenvalue weighted by Gasteiger charge is 2.90. The van der Waals surface area contributed by atoms with Gasteiger partial charge in [-0.05, 0) is 19.4 Å². The van der Waals surface area contributed by atoms with E-state index in [0.29, 0.717) is 13.3 Å². The first-order valence-corrected chi connectivity index (χ1v) is 8.91. The molecule has 15 heteroatoms. The second-order valence-electron chi connectivity index (χ2n) is 7.30. The molecular weight excluding hydrogens is 495 g/mol. The molecule has 0 saturated heterocycles. The fourth-order valence-corrected chi connectivity index (χ4v) is 2.69. The molecule has 0 saturated carbocycles. The Kier molecular flexibility index (Phi) is 7.67. The maximum atomic E-state index is 14.2. The highest BCUT2D eigenvalue weighted by atomic mass is 19.4. The van der Waals surface area contributed by atoms with E-state index in [1.165, 1.54) is 6.07 Å². The average Bonchev–Trinajstić information content (AvgIpc) is 2.64. The molecule has 1 N–H and O–H groups in total. The van der Waals surface area contributed by atoms with Crippen molar-refractivity contribution in [1.29, 1.82) is 0 Å². The van der Waals surface area contributed by atoms with Crippen LogP contribution in [0.4, 0.5) is 57.1 Å². The van der Waals surface area contributed by atoms with Crippen LogP contribution >= 0.6 is 0 Å². The van der Waals surface area contributed by atoms with E-state index in [-0.39, 0.29) is 12.4 Å². The van der Waals surface area contributed by atoms with Crippen molar-refractivity contribution in [2.75, 3.05) is 6.61 Å². The molecule has 1 aromatic rings. The van der Waals surface area contributed by atoms with Gasteiger partial charge in [0.25, 0.3) is 0 Å². The van der Waals surface area contributed by atoms with Gasteiger partial charge >= 0.3 is 35.8 Å². The highest BCUT2D eigenvalue weighted by Crippen LogP contribution is 2.61. The summed E-state index contributed by atoms with van der Waals surface area (Å²) in [5.41, 5.74) is -3.90. The molecule has 2 nitrogen and oxygen atoms in total. The summed E-state index contributed by atoms with van der Waals surface area (Å²) in [5, 5.41) is 10.3. The van der Waals surface area contributed by atoms with Crippen molar-refractivity contribution >= 4 is 0 Å². The first-order chi connectivity index (χ1) is 14.5. The standard InChI is InChI=1S/C18H17F13O2/c1-3-8-33-11-7-5-4-6-10(11)12(2,32)9-13(19,20)14(21,22)15(23,24)16(25,26)17(27,28)18(29,30)31/h4-7,32H,3,8-9H2,1-2H3. The smallest absolute Gasteiger partial charge is 0.460 e. The van der Waals surface area contributed by atoms with E-state index in [4.69, 9.17) is 4.74 Å². The lowest BCUT2D eigenvalue weighted by molar-refractivity contribution is -0.441. The van der Waals surface area contributed by atoms with Gasteiger partial charge in [0.2, 0.25) is 0 Å². The Hall–Kier alpha value is -1.93. The second-order valence-corrected chi connectivity index (χ2v) is 7.30. The van der Waals surface area contributed by atoms with Crippen LogP contribution in [0.1, 0.15) is 32.3 Å². The van der Waals surface area contributed by atoms with Crippen molar-refractivity contribution in [3.63, 3.8) is 0 Å². The van der Waals surface area contributed by atoms with E-state index in [0.717, 1.165) is 18.2 Å². The summed E-state index contributed by atoms with van der Waals surface area (Å²) in [6.07, 6.45) is -9.92. The topological polar surface area (TPSA) is 29.5 Å². The number of hydrogen-bond acceptors (Lipinski definition) is 2. The normalized spacial score (nSPS) is 16.5. The molecular formula is C18H17F13O2. The molecule has 1 atom stereocenters. The Bertz CT molecular complexity index is 816. The van der Waals surface area contributed by atoms with Crippen molar-refractivity contribution in [2.24, 2.45) is 0 Å². The lowest BCUT2D eigenvalue weighted by Crippen LogP contribution is -2.70. The SMILES string of the molecule is CCCOc1ccccc1C(C)(O)CC(F)(F)C(F)(F)C(F)(F)C(F)(F)C(F)(F)C(F)(F)F. The van der Waals surface area contributed by atoms with Crippen LogP contribution in [-0.2, 0) is 5.60 Å². The summed E-state index contributed by atoms with van der Waals surface area (Å²) < 4.78 is 178. The first-order valence-electron chi connectivity index (χ1n) is 8.91. The van der Waals surface area contributed by atoms with Gasteiger partial charge in [0.05, 0.1) is 18.6 Å². The van der Waals surface area contributed by atoms with E-state index in [9.17, 15) is 62.2 Å². The summed E-state index contributed by atoms with van der Waals surface area (Å²) in [5.74, 6) is -38.0. The molecule has 1 aromatic carbocycles. The number of aliphatic hydroxyl groups is 1. The summed E-state index contributed by atoms with van der Waals surface area (Å²) in [4.78, 5) is 0. The van der Waals surface area contributed by atoms with Crippen LogP contribution in [-0.4, -0.2) is 47.5 Å². The zero-order valence-electron chi connectivity index (χ0n) is 16.7. The van der Waals surface area contributed by atoms with Crippen LogP contribution in [0.5, 0.6) is 5.75 Å². The minimum absolute atomic E-state index is 0.0868. The molecule has 33 heavy (non-hydrogen) atoms. The van der Waals surface area contributed by atoms with Crippen molar-refractivity contribution in [1.82, 2.24) is 0 Å². The molecule has 0 heterocycles. The van der Waals surface area contributed by atoms with E-state index < -0.39 is 53.4 Å². The van der Waals surface area contributed by atoms with Gasteiger partial charge < -0.3 is 9.84 Å². The molecule has 0 radical (unpaired) electrons. The molecule has 0 aliphatic heterocycles. The number of benzene rings is 1. The molecule has 0 aromatic heterocycles. The van der Waals surface area contributed by atoms with Gasteiger partial charge in [-0.2, -0.15) is 57.1 Å². The fourth-order valence-electron chi connectivity index (χ4n) is 2.69. The van der Waals surface area contributed by atoms with Crippen LogP contribution in [0.3, 0.4) is 0 Å². The van der Waals surface area contributed by atoms with Gasteiger partial charge in [-0.25, -0.2) is 0 Å². The third-order valence-corrected chi connectivity index (χ3v) is 4.49. The maximum absolute atomic E-state index is 14.2. The van der Waals surface area contributed by atoms with Crippen LogP contribution in [0.25, 0.3) is 0 Å². The largest absolute Gasteiger partial charge is 0.493 e. The van der Waals surface area contributed by atoms with Crippen molar-refractivity contribution in [3.8, 4) is 5.75 Å². The van der Waals surface area contributed by atoms with Crippen LogP contribution in [0.2, 0.25) is 0 Å². The number of hydrogen-bond donors (Lipinski definition) is 1. The predicted molar refractivity (Wildman–Crippen MR) is 87.2 cm³/mol. The zero-order chi connectivity index (χ0) is 26.3. The highest BCUT2D eigenvalue weighted by molar-refractivity contribution is 5.38. The Labute approximate surface area is 178 Å². The fraction of sp³-hybridized carbons (Fsp3) is 0.667. The van der Waals surface area contributed by atoms with E-state index in [1.54, 1.807) is 6.92 Å². The number of ether oxygens (including phenoxy) is 1. The van der Waals surface area contributed by atoms with Gasteiger partial charge in [0.15, 0.2) is 0 Å². The Morgan fingerprint density at radius 3 is 1.64 bits per heavy atom. The summed E-state index contributed by atoms with van der Waals surface area (Å²) in [7, 11) is 0. The molecule has 0 fully saturated rings.